The molecule has 19 heavy (non-hydrogen) atoms. The van der Waals surface area contributed by atoms with Crippen LogP contribution in [0.25, 0.3) is 0 Å². The normalized spacial score (nSPS) is 9.68. The van der Waals surface area contributed by atoms with Crippen molar-refractivity contribution in [1.29, 1.82) is 5.26 Å². The number of benzene rings is 2. The van der Waals surface area contributed by atoms with E-state index in [9.17, 15) is 10.1 Å². The fourth-order valence-corrected chi connectivity index (χ4v) is 1.88. The van der Waals surface area contributed by atoms with E-state index in [4.69, 9.17) is 16.9 Å². The highest BCUT2D eigenvalue weighted by Crippen LogP contribution is 2.34. The van der Waals surface area contributed by atoms with Gasteiger partial charge in [0.2, 0.25) is 0 Å². The van der Waals surface area contributed by atoms with Crippen molar-refractivity contribution in [3.05, 3.63) is 63.2 Å². The van der Waals surface area contributed by atoms with E-state index >= 15 is 0 Å². The molecule has 0 atom stereocenters. The first-order valence-electron chi connectivity index (χ1n) is 5.32. The number of nitro benzene ring substituents is 1. The molecule has 0 radical (unpaired) electrons. The molecule has 0 fully saturated rings. The second-order valence-corrected chi connectivity index (χ2v) is 4.08. The zero-order valence-corrected chi connectivity index (χ0v) is 10.4. The summed E-state index contributed by atoms with van der Waals surface area (Å²) in [5, 5.41) is 22.9. The monoisotopic (exact) mass is 273 g/mol. The largest absolute Gasteiger partial charge is 0.349 e. The van der Waals surface area contributed by atoms with Gasteiger partial charge in [0.15, 0.2) is 0 Å². The van der Waals surface area contributed by atoms with Crippen molar-refractivity contribution in [2.75, 3.05) is 5.32 Å². The number of hydrogen-bond donors (Lipinski definition) is 1. The van der Waals surface area contributed by atoms with Crippen LogP contribution in [0.15, 0.2) is 42.5 Å². The molecule has 0 saturated carbocycles. The summed E-state index contributed by atoms with van der Waals surface area (Å²) in [6, 6.07) is 13.4. The molecule has 94 valence electrons. The van der Waals surface area contributed by atoms with Crippen LogP contribution in [-0.4, -0.2) is 4.92 Å². The summed E-state index contributed by atoms with van der Waals surface area (Å²) < 4.78 is 0. The molecule has 1 N–H and O–H groups in total. The number of nitrogens with one attached hydrogen (secondary N) is 1. The Kier molecular flexibility index (Phi) is 3.64. The average molecular weight is 274 g/mol. The van der Waals surface area contributed by atoms with Gasteiger partial charge in [-0.3, -0.25) is 10.1 Å². The molecule has 0 spiro atoms. The summed E-state index contributed by atoms with van der Waals surface area (Å²) in [5.74, 6) is 0. The Bertz CT molecular complexity index is 680. The number of hydrogen-bond acceptors (Lipinski definition) is 4. The second kappa shape index (κ2) is 5.38. The standard InChI is InChI=1S/C13H8ClN3O2/c14-10-5-3-7-12(13(10)17(18)19)16-11-6-2-1-4-9(11)8-15/h1-7,16H. The molecular weight excluding hydrogens is 266 g/mol. The molecule has 0 heterocycles. The van der Waals surface area contributed by atoms with Crippen molar-refractivity contribution in [3.63, 3.8) is 0 Å². The third-order valence-corrected chi connectivity index (χ3v) is 2.79. The van der Waals surface area contributed by atoms with Crippen LogP contribution in [0.3, 0.4) is 0 Å². The third-order valence-electron chi connectivity index (χ3n) is 2.49. The van der Waals surface area contributed by atoms with Crippen molar-refractivity contribution < 1.29 is 4.92 Å². The summed E-state index contributed by atoms with van der Waals surface area (Å²) in [6.07, 6.45) is 0. The zero-order valence-electron chi connectivity index (χ0n) is 9.63. The summed E-state index contributed by atoms with van der Waals surface area (Å²) in [5.41, 5.74) is 0.934. The lowest BCUT2D eigenvalue weighted by Gasteiger charge is -2.09. The zero-order chi connectivity index (χ0) is 13.8. The Labute approximate surface area is 114 Å². The number of anilines is 2. The van der Waals surface area contributed by atoms with Crippen LogP contribution in [0.5, 0.6) is 0 Å². The molecule has 0 bridgehead atoms. The first-order valence-corrected chi connectivity index (χ1v) is 5.70. The lowest BCUT2D eigenvalue weighted by Crippen LogP contribution is -1.99. The molecule has 2 rings (SSSR count). The molecular formula is C13H8ClN3O2. The van der Waals surface area contributed by atoms with Gasteiger partial charge in [0.25, 0.3) is 0 Å². The highest BCUT2D eigenvalue weighted by Gasteiger charge is 2.18. The lowest BCUT2D eigenvalue weighted by atomic mass is 10.2. The quantitative estimate of drug-likeness (QED) is 0.680. The Morgan fingerprint density at radius 3 is 2.53 bits per heavy atom. The second-order valence-electron chi connectivity index (χ2n) is 3.68. The van der Waals surface area contributed by atoms with Crippen molar-refractivity contribution in [2.24, 2.45) is 0 Å². The first kappa shape index (κ1) is 12.9. The molecule has 6 heteroatoms. The van der Waals surface area contributed by atoms with Gasteiger partial charge in [-0.2, -0.15) is 5.26 Å². The van der Waals surface area contributed by atoms with Crippen molar-refractivity contribution >= 4 is 28.7 Å². The smallest absolute Gasteiger partial charge is 0.311 e. The number of nitriles is 1. The Morgan fingerprint density at radius 1 is 1.16 bits per heavy atom. The minimum Gasteiger partial charge on any atom is -0.349 e. The van der Waals surface area contributed by atoms with E-state index < -0.39 is 4.92 Å². The maximum Gasteiger partial charge on any atom is 0.311 e. The van der Waals surface area contributed by atoms with Crippen molar-refractivity contribution in [1.82, 2.24) is 0 Å². The molecule has 0 aliphatic carbocycles. The summed E-state index contributed by atoms with van der Waals surface area (Å²) in [6.45, 7) is 0. The van der Waals surface area contributed by atoms with Gasteiger partial charge in [0, 0.05) is 0 Å². The van der Waals surface area contributed by atoms with Crippen LogP contribution in [0, 0.1) is 21.4 Å². The van der Waals surface area contributed by atoms with E-state index in [2.05, 4.69) is 5.32 Å². The Balaban J connectivity index is 2.48. The predicted octanol–water partition coefficient (Wildman–Crippen LogP) is 3.86. The minimum atomic E-state index is -0.556. The Hall–Kier alpha value is -2.58. The van der Waals surface area contributed by atoms with Gasteiger partial charge in [-0.15, -0.1) is 0 Å². The average Bonchev–Trinajstić information content (AvgIpc) is 2.39. The van der Waals surface area contributed by atoms with E-state index in [1.54, 1.807) is 30.3 Å². The maximum atomic E-state index is 11.0. The van der Waals surface area contributed by atoms with E-state index in [1.165, 1.54) is 12.1 Å². The van der Waals surface area contributed by atoms with Gasteiger partial charge in [-0.25, -0.2) is 0 Å². The van der Waals surface area contributed by atoms with Crippen molar-refractivity contribution in [2.45, 2.75) is 0 Å². The fourth-order valence-electron chi connectivity index (χ4n) is 1.64. The van der Waals surface area contributed by atoms with Crippen LogP contribution < -0.4 is 5.32 Å². The molecule has 2 aromatic carbocycles. The minimum absolute atomic E-state index is 0.0458. The summed E-state index contributed by atoms with van der Waals surface area (Å²) in [7, 11) is 0. The van der Waals surface area contributed by atoms with Crippen LogP contribution in [0.2, 0.25) is 5.02 Å². The SMILES string of the molecule is N#Cc1ccccc1Nc1cccc(Cl)c1[N+](=O)[O-]. The molecule has 0 saturated heterocycles. The number of rotatable bonds is 3. The van der Waals surface area contributed by atoms with E-state index in [0.717, 1.165) is 0 Å². The molecule has 2 aromatic rings. The van der Waals surface area contributed by atoms with Gasteiger partial charge in [-0.05, 0) is 24.3 Å². The number of halogens is 1. The maximum absolute atomic E-state index is 11.0. The highest BCUT2D eigenvalue weighted by molar-refractivity contribution is 6.33. The van der Waals surface area contributed by atoms with Crippen LogP contribution >= 0.6 is 11.6 Å². The number of nitro groups is 1. The molecule has 0 amide bonds. The molecule has 0 aliphatic heterocycles. The third kappa shape index (κ3) is 2.64. The van der Waals surface area contributed by atoms with Crippen LogP contribution in [-0.2, 0) is 0 Å². The van der Waals surface area contributed by atoms with Crippen LogP contribution in [0.4, 0.5) is 17.1 Å². The highest BCUT2D eigenvalue weighted by atomic mass is 35.5. The predicted molar refractivity (Wildman–Crippen MR) is 72.5 cm³/mol. The van der Waals surface area contributed by atoms with Crippen molar-refractivity contribution in [3.8, 4) is 6.07 Å². The fraction of sp³-hybridized carbons (Fsp3) is 0. The lowest BCUT2D eigenvalue weighted by molar-refractivity contribution is -0.383. The van der Waals surface area contributed by atoms with E-state index in [1.807, 2.05) is 6.07 Å². The topological polar surface area (TPSA) is 79.0 Å². The van der Waals surface area contributed by atoms with Gasteiger partial charge < -0.3 is 5.32 Å². The van der Waals surface area contributed by atoms with E-state index in [-0.39, 0.29) is 16.4 Å². The van der Waals surface area contributed by atoms with E-state index in [0.29, 0.717) is 11.3 Å². The van der Waals surface area contributed by atoms with Gasteiger partial charge in [0.05, 0.1) is 16.2 Å². The molecule has 5 nitrogen and oxygen atoms in total. The molecule has 0 aromatic heterocycles. The number of nitrogens with zero attached hydrogens (tertiary/aromatic N) is 2. The Morgan fingerprint density at radius 2 is 1.84 bits per heavy atom. The first-order chi connectivity index (χ1) is 9.13. The molecule has 0 aliphatic rings. The molecule has 0 unspecified atom stereocenters. The van der Waals surface area contributed by atoms with Gasteiger partial charge in [-0.1, -0.05) is 29.8 Å². The van der Waals surface area contributed by atoms with Crippen LogP contribution in [0.1, 0.15) is 5.56 Å². The van der Waals surface area contributed by atoms with Gasteiger partial charge in [0.1, 0.15) is 16.8 Å². The number of para-hydroxylation sites is 2. The summed E-state index contributed by atoms with van der Waals surface area (Å²) in [4.78, 5) is 10.4. The van der Waals surface area contributed by atoms with Gasteiger partial charge >= 0.3 is 5.69 Å². The summed E-state index contributed by atoms with van der Waals surface area (Å²) >= 11 is 5.82.